The molecule has 114 valence electrons. The molecule has 1 aromatic heterocycles. The number of nitrogens with zero attached hydrogens (tertiary/aromatic N) is 2. The monoisotopic (exact) mass is 296 g/mol. The lowest BCUT2D eigenvalue weighted by Gasteiger charge is -2.20. The van der Waals surface area contributed by atoms with E-state index < -0.39 is 0 Å². The maximum absolute atomic E-state index is 12.3. The van der Waals surface area contributed by atoms with Gasteiger partial charge in [-0.25, -0.2) is 9.97 Å². The van der Waals surface area contributed by atoms with Crippen molar-refractivity contribution in [1.29, 1.82) is 0 Å². The van der Waals surface area contributed by atoms with Gasteiger partial charge in [-0.1, -0.05) is 18.6 Å². The number of esters is 1. The van der Waals surface area contributed by atoms with E-state index >= 15 is 0 Å². The number of fused-ring (bicyclic) bond motifs is 3. The van der Waals surface area contributed by atoms with Crippen LogP contribution >= 0.6 is 0 Å². The highest BCUT2D eigenvalue weighted by Gasteiger charge is 2.43. The van der Waals surface area contributed by atoms with Crippen LogP contribution in [-0.2, 0) is 16.1 Å². The highest BCUT2D eigenvalue weighted by Crippen LogP contribution is 2.48. The smallest absolute Gasteiger partial charge is 0.309 e. The van der Waals surface area contributed by atoms with Crippen molar-refractivity contribution < 1.29 is 9.53 Å². The van der Waals surface area contributed by atoms with Crippen LogP contribution in [0.4, 0.5) is 0 Å². The number of para-hydroxylation sites is 2. The summed E-state index contributed by atoms with van der Waals surface area (Å²) in [7, 11) is 0. The van der Waals surface area contributed by atoms with Crippen LogP contribution in [0.5, 0.6) is 0 Å². The van der Waals surface area contributed by atoms with Gasteiger partial charge in [-0.15, -0.1) is 0 Å². The minimum absolute atomic E-state index is 0.0402. The first-order valence-corrected chi connectivity index (χ1v) is 8.09. The van der Waals surface area contributed by atoms with E-state index in [2.05, 4.69) is 9.97 Å². The van der Waals surface area contributed by atoms with Crippen LogP contribution in [0.15, 0.2) is 24.3 Å². The van der Waals surface area contributed by atoms with Gasteiger partial charge in [0, 0.05) is 0 Å². The summed E-state index contributed by atoms with van der Waals surface area (Å²) in [6, 6.07) is 7.77. The largest absolute Gasteiger partial charge is 0.459 e. The summed E-state index contributed by atoms with van der Waals surface area (Å²) in [6.07, 6.45) is 4.73. The zero-order valence-electron chi connectivity index (χ0n) is 12.8. The van der Waals surface area contributed by atoms with Gasteiger partial charge in [0.1, 0.15) is 6.61 Å². The molecule has 2 aromatic rings. The molecule has 2 bridgehead atoms. The maximum atomic E-state index is 12.3. The molecular formula is C18H20N2O2. The molecule has 0 spiro atoms. The molecule has 0 radical (unpaired) electrons. The van der Waals surface area contributed by atoms with Crippen molar-refractivity contribution in [3.63, 3.8) is 0 Å². The topological polar surface area (TPSA) is 52.1 Å². The minimum Gasteiger partial charge on any atom is -0.459 e. The third kappa shape index (κ3) is 2.36. The Morgan fingerprint density at radius 3 is 2.64 bits per heavy atom. The SMILES string of the molecule is Cc1nc2ccccc2nc1COC(=O)C1CC2CCC1C2. The summed E-state index contributed by atoms with van der Waals surface area (Å²) in [5, 5.41) is 0. The van der Waals surface area contributed by atoms with Crippen LogP contribution in [0.3, 0.4) is 0 Å². The molecule has 0 saturated heterocycles. The Hall–Kier alpha value is -1.97. The Bertz CT molecular complexity index is 728. The summed E-state index contributed by atoms with van der Waals surface area (Å²) >= 11 is 0. The molecule has 1 aromatic carbocycles. The number of carbonyl (C=O) groups is 1. The molecular weight excluding hydrogens is 276 g/mol. The molecule has 0 aliphatic heterocycles. The Morgan fingerprint density at radius 1 is 1.18 bits per heavy atom. The average Bonchev–Trinajstić information content (AvgIpc) is 3.15. The highest BCUT2D eigenvalue weighted by molar-refractivity contribution is 5.75. The summed E-state index contributed by atoms with van der Waals surface area (Å²) in [6.45, 7) is 2.15. The zero-order chi connectivity index (χ0) is 15.1. The highest BCUT2D eigenvalue weighted by atomic mass is 16.5. The Kier molecular flexibility index (Phi) is 3.32. The lowest BCUT2D eigenvalue weighted by Crippen LogP contribution is -2.23. The van der Waals surface area contributed by atoms with E-state index in [4.69, 9.17) is 4.74 Å². The first-order chi connectivity index (χ1) is 10.7. The van der Waals surface area contributed by atoms with Gasteiger partial charge in [-0.2, -0.15) is 0 Å². The summed E-state index contributed by atoms with van der Waals surface area (Å²) in [5.41, 5.74) is 3.32. The van der Waals surface area contributed by atoms with Crippen LogP contribution in [-0.4, -0.2) is 15.9 Å². The van der Waals surface area contributed by atoms with Crippen molar-refractivity contribution >= 4 is 17.0 Å². The number of hydrogen-bond acceptors (Lipinski definition) is 4. The van der Waals surface area contributed by atoms with Crippen molar-refractivity contribution in [3.8, 4) is 0 Å². The van der Waals surface area contributed by atoms with Crippen molar-refractivity contribution in [2.45, 2.75) is 39.2 Å². The van der Waals surface area contributed by atoms with Gasteiger partial charge in [0.25, 0.3) is 0 Å². The van der Waals surface area contributed by atoms with Crippen LogP contribution < -0.4 is 0 Å². The quantitative estimate of drug-likeness (QED) is 0.814. The van der Waals surface area contributed by atoms with Crippen LogP contribution in [0.25, 0.3) is 11.0 Å². The standard InChI is InChI=1S/C18H20N2O2/c1-11-17(20-16-5-3-2-4-15(16)19-11)10-22-18(21)14-9-12-6-7-13(14)8-12/h2-5,12-14H,6-10H2,1H3. The summed E-state index contributed by atoms with van der Waals surface area (Å²) in [4.78, 5) is 21.4. The second-order valence-electron chi connectivity index (χ2n) is 6.63. The van der Waals surface area contributed by atoms with Gasteiger partial charge in [0.15, 0.2) is 0 Å². The zero-order valence-corrected chi connectivity index (χ0v) is 12.8. The lowest BCUT2D eigenvalue weighted by molar-refractivity contribution is -0.151. The Morgan fingerprint density at radius 2 is 1.95 bits per heavy atom. The van der Waals surface area contributed by atoms with Gasteiger partial charge in [0.05, 0.1) is 28.3 Å². The molecule has 4 heteroatoms. The number of aromatic nitrogens is 2. The van der Waals surface area contributed by atoms with E-state index in [-0.39, 0.29) is 18.5 Å². The summed E-state index contributed by atoms with van der Waals surface area (Å²) < 4.78 is 5.55. The first-order valence-electron chi connectivity index (χ1n) is 8.09. The molecule has 4 nitrogen and oxygen atoms in total. The second-order valence-corrected chi connectivity index (χ2v) is 6.63. The lowest BCUT2D eigenvalue weighted by atomic mass is 9.89. The summed E-state index contributed by atoms with van der Waals surface area (Å²) in [5.74, 6) is 1.39. The van der Waals surface area contributed by atoms with Crippen LogP contribution in [0.1, 0.15) is 37.1 Å². The van der Waals surface area contributed by atoms with Gasteiger partial charge in [-0.05, 0) is 50.2 Å². The number of carbonyl (C=O) groups excluding carboxylic acids is 1. The number of benzene rings is 1. The van der Waals surface area contributed by atoms with Crippen molar-refractivity contribution in [2.24, 2.45) is 17.8 Å². The molecule has 2 saturated carbocycles. The van der Waals surface area contributed by atoms with E-state index in [1.54, 1.807) is 0 Å². The van der Waals surface area contributed by atoms with Gasteiger partial charge < -0.3 is 4.74 Å². The maximum Gasteiger partial charge on any atom is 0.309 e. The van der Waals surface area contributed by atoms with Crippen molar-refractivity contribution in [1.82, 2.24) is 9.97 Å². The average molecular weight is 296 g/mol. The molecule has 2 aliphatic rings. The van der Waals surface area contributed by atoms with E-state index in [1.807, 2.05) is 31.2 Å². The molecule has 3 unspecified atom stereocenters. The van der Waals surface area contributed by atoms with Crippen LogP contribution in [0, 0.1) is 24.7 Å². The normalized spacial score (nSPS) is 26.5. The molecule has 4 rings (SSSR count). The number of hydrogen-bond donors (Lipinski definition) is 0. The third-order valence-corrected chi connectivity index (χ3v) is 5.23. The Balaban J connectivity index is 1.47. The van der Waals surface area contributed by atoms with Gasteiger partial charge in [0.2, 0.25) is 0 Å². The fraction of sp³-hybridized carbons (Fsp3) is 0.500. The molecule has 2 aliphatic carbocycles. The number of rotatable bonds is 3. The predicted octanol–water partition coefficient (Wildman–Crippen LogP) is 3.42. The fourth-order valence-corrected chi connectivity index (χ4v) is 4.04. The minimum atomic E-state index is -0.0402. The molecule has 0 N–H and O–H groups in total. The predicted molar refractivity (Wildman–Crippen MR) is 83.0 cm³/mol. The Labute approximate surface area is 129 Å². The van der Waals surface area contributed by atoms with Crippen molar-refractivity contribution in [3.05, 3.63) is 35.7 Å². The molecule has 2 fully saturated rings. The second kappa shape index (κ2) is 5.34. The third-order valence-electron chi connectivity index (χ3n) is 5.23. The van der Waals surface area contributed by atoms with E-state index in [9.17, 15) is 4.79 Å². The van der Waals surface area contributed by atoms with Gasteiger partial charge >= 0.3 is 5.97 Å². The van der Waals surface area contributed by atoms with Gasteiger partial charge in [-0.3, -0.25) is 4.79 Å². The number of aryl methyl sites for hydroxylation is 1. The van der Waals surface area contributed by atoms with Crippen LogP contribution in [0.2, 0.25) is 0 Å². The molecule has 3 atom stereocenters. The fourth-order valence-electron chi connectivity index (χ4n) is 4.04. The molecule has 0 amide bonds. The number of ether oxygens (including phenoxy) is 1. The van der Waals surface area contributed by atoms with E-state index in [1.165, 1.54) is 19.3 Å². The van der Waals surface area contributed by atoms with E-state index in [0.717, 1.165) is 34.8 Å². The molecule has 1 heterocycles. The van der Waals surface area contributed by atoms with Crippen molar-refractivity contribution in [2.75, 3.05) is 0 Å². The van der Waals surface area contributed by atoms with E-state index in [0.29, 0.717) is 5.92 Å². The molecule has 22 heavy (non-hydrogen) atoms. The first kappa shape index (κ1) is 13.7.